The van der Waals surface area contributed by atoms with Gasteiger partial charge in [0.2, 0.25) is 0 Å². The molecule has 0 fully saturated rings. The molecule has 35 heavy (non-hydrogen) atoms. The van der Waals surface area contributed by atoms with E-state index < -0.39 is 5.41 Å². The first-order valence-corrected chi connectivity index (χ1v) is 12.1. The third-order valence-electron chi connectivity index (χ3n) is 6.09. The number of methoxy groups -OCH3 is 1. The van der Waals surface area contributed by atoms with E-state index in [1.165, 1.54) is 5.56 Å². The number of benzene rings is 3. The monoisotopic (exact) mass is 473 g/mol. The Morgan fingerprint density at radius 2 is 1.54 bits per heavy atom. The quantitative estimate of drug-likeness (QED) is 0.310. The first-order valence-electron chi connectivity index (χ1n) is 12.1. The van der Waals surface area contributed by atoms with Crippen LogP contribution in [0.25, 0.3) is 11.1 Å². The topological polar surface area (TPSA) is 75.6 Å². The average Bonchev–Trinajstić information content (AvgIpc) is 2.87. The lowest BCUT2D eigenvalue weighted by molar-refractivity contribution is 0.0858. The third kappa shape index (κ3) is 7.03. The summed E-state index contributed by atoms with van der Waals surface area (Å²) in [5.74, 6) is 0.372. The van der Waals surface area contributed by atoms with Crippen LogP contribution in [0.3, 0.4) is 0 Å². The molecule has 3 aromatic rings. The highest BCUT2D eigenvalue weighted by molar-refractivity contribution is 6.05. The van der Waals surface area contributed by atoms with Crippen LogP contribution in [0.2, 0.25) is 0 Å². The van der Waals surface area contributed by atoms with Crippen LogP contribution in [0.15, 0.2) is 66.7 Å². The summed E-state index contributed by atoms with van der Waals surface area (Å²) in [5, 5.41) is 12.4. The molecule has 0 aliphatic carbocycles. The van der Waals surface area contributed by atoms with Crippen molar-refractivity contribution in [1.82, 2.24) is 0 Å². The number of unbranched alkanes of at least 4 members (excludes halogenated alkanes) is 1. The Hall–Kier alpha value is -3.44. The van der Waals surface area contributed by atoms with Crippen molar-refractivity contribution in [3.8, 4) is 16.9 Å². The van der Waals surface area contributed by atoms with E-state index >= 15 is 0 Å². The van der Waals surface area contributed by atoms with Crippen LogP contribution in [0, 0.1) is 5.41 Å². The molecule has 0 heterocycles. The van der Waals surface area contributed by atoms with Gasteiger partial charge < -0.3 is 15.2 Å². The van der Waals surface area contributed by atoms with Gasteiger partial charge in [-0.05, 0) is 59.2 Å². The molecular formula is C30H35NO4. The molecule has 3 rings (SSSR count). The van der Waals surface area contributed by atoms with Gasteiger partial charge in [-0.15, -0.1) is 0 Å². The van der Waals surface area contributed by atoms with Crippen LogP contribution in [0.1, 0.15) is 66.3 Å². The molecule has 0 bridgehead atoms. The number of anilines is 1. The van der Waals surface area contributed by atoms with Crippen LogP contribution in [-0.2, 0) is 6.42 Å². The number of ether oxygens (including phenoxy) is 1. The first kappa shape index (κ1) is 26.2. The Morgan fingerprint density at radius 3 is 2.14 bits per heavy atom. The zero-order valence-corrected chi connectivity index (χ0v) is 21.1. The largest absolute Gasteiger partial charge is 0.495 e. The van der Waals surface area contributed by atoms with E-state index in [4.69, 9.17) is 4.74 Å². The van der Waals surface area contributed by atoms with Gasteiger partial charge in [0.15, 0.2) is 5.78 Å². The summed E-state index contributed by atoms with van der Waals surface area (Å²) in [5.41, 5.74) is 4.44. The van der Waals surface area contributed by atoms with Gasteiger partial charge in [-0.25, -0.2) is 0 Å². The fraction of sp³-hybridized carbons (Fsp3) is 0.333. The number of aliphatic hydroxyl groups is 1. The summed E-state index contributed by atoms with van der Waals surface area (Å²) < 4.78 is 5.54. The van der Waals surface area contributed by atoms with Gasteiger partial charge in [0.05, 0.1) is 12.8 Å². The van der Waals surface area contributed by atoms with Gasteiger partial charge in [0.1, 0.15) is 5.75 Å². The third-order valence-corrected chi connectivity index (χ3v) is 6.09. The van der Waals surface area contributed by atoms with Crippen molar-refractivity contribution in [3.63, 3.8) is 0 Å². The molecule has 0 spiro atoms. The number of hydrogen-bond acceptors (Lipinski definition) is 4. The predicted molar refractivity (Wildman–Crippen MR) is 141 cm³/mol. The number of carbonyl (C=O) groups excluding carboxylic acids is 2. The normalized spacial score (nSPS) is 11.2. The molecule has 5 nitrogen and oxygen atoms in total. The molecule has 184 valence electrons. The van der Waals surface area contributed by atoms with Gasteiger partial charge in [0, 0.05) is 24.2 Å². The molecule has 3 aromatic carbocycles. The Bertz CT molecular complexity index is 1150. The molecule has 0 atom stereocenters. The molecule has 5 heteroatoms. The molecule has 0 aliphatic heterocycles. The zero-order chi connectivity index (χ0) is 25.4. The fourth-order valence-electron chi connectivity index (χ4n) is 3.81. The molecule has 0 aliphatic rings. The number of aliphatic hydroxyl groups excluding tert-OH is 1. The molecule has 0 unspecified atom stereocenters. The minimum atomic E-state index is -0.444. The minimum absolute atomic E-state index is 0.00429. The predicted octanol–water partition coefficient (Wildman–Crippen LogP) is 6.55. The number of ketones is 1. The maximum atomic E-state index is 12.8. The van der Waals surface area contributed by atoms with Gasteiger partial charge in [-0.3, -0.25) is 9.59 Å². The van der Waals surface area contributed by atoms with Crippen molar-refractivity contribution < 1.29 is 19.4 Å². The average molecular weight is 474 g/mol. The van der Waals surface area contributed by atoms with Gasteiger partial charge in [-0.2, -0.15) is 0 Å². The van der Waals surface area contributed by atoms with Gasteiger partial charge in [-0.1, -0.05) is 69.7 Å². The highest BCUT2D eigenvalue weighted by atomic mass is 16.5. The second kappa shape index (κ2) is 11.8. The molecule has 0 radical (unpaired) electrons. The van der Waals surface area contributed by atoms with E-state index in [9.17, 15) is 14.7 Å². The maximum Gasteiger partial charge on any atom is 0.255 e. The second-order valence-electron chi connectivity index (χ2n) is 9.67. The molecule has 0 aromatic heterocycles. The Kier molecular flexibility index (Phi) is 8.83. The summed E-state index contributed by atoms with van der Waals surface area (Å²) in [6.45, 7) is 5.87. The SMILES string of the molecule is CCCCc1ccc(C(=O)Nc2ccc(-c3ccc(C(=O)CC(C)(C)CO)cc3)cc2OC)cc1. The summed E-state index contributed by atoms with van der Waals surface area (Å²) in [6, 6.07) is 20.7. The summed E-state index contributed by atoms with van der Waals surface area (Å²) >= 11 is 0. The lowest BCUT2D eigenvalue weighted by atomic mass is 9.86. The highest BCUT2D eigenvalue weighted by Gasteiger charge is 2.22. The smallest absolute Gasteiger partial charge is 0.255 e. The molecule has 1 amide bonds. The molecular weight excluding hydrogens is 438 g/mol. The van der Waals surface area contributed by atoms with E-state index in [1.807, 2.05) is 68.4 Å². The fourth-order valence-corrected chi connectivity index (χ4v) is 3.81. The van der Waals surface area contributed by atoms with E-state index in [0.29, 0.717) is 22.6 Å². The molecule has 2 N–H and O–H groups in total. The molecule has 0 saturated heterocycles. The Morgan fingerprint density at radius 1 is 0.914 bits per heavy atom. The number of rotatable bonds is 11. The second-order valence-corrected chi connectivity index (χ2v) is 9.67. The number of aryl methyl sites for hydroxylation is 1. The molecule has 0 saturated carbocycles. The van der Waals surface area contributed by atoms with Crippen molar-refractivity contribution in [2.24, 2.45) is 5.41 Å². The van der Waals surface area contributed by atoms with E-state index in [-0.39, 0.29) is 24.7 Å². The van der Waals surface area contributed by atoms with Gasteiger partial charge >= 0.3 is 0 Å². The lowest BCUT2D eigenvalue weighted by Crippen LogP contribution is -2.21. The van der Waals surface area contributed by atoms with E-state index in [1.54, 1.807) is 19.2 Å². The Labute approximate surface area is 208 Å². The number of nitrogens with one attached hydrogen (secondary N) is 1. The summed E-state index contributed by atoms with van der Waals surface area (Å²) in [6.07, 6.45) is 3.58. The van der Waals surface area contributed by atoms with Crippen molar-refractivity contribution in [3.05, 3.63) is 83.4 Å². The Balaban J connectivity index is 1.72. The summed E-state index contributed by atoms with van der Waals surface area (Å²) in [4.78, 5) is 25.3. The first-order chi connectivity index (χ1) is 16.8. The minimum Gasteiger partial charge on any atom is -0.495 e. The van der Waals surface area contributed by atoms with Crippen LogP contribution in [0.4, 0.5) is 5.69 Å². The number of carbonyl (C=O) groups is 2. The number of amides is 1. The number of Topliss-reactive ketones (excluding diaryl/α,β-unsaturated/α-hetero) is 1. The van der Waals surface area contributed by atoms with Crippen LogP contribution in [-0.4, -0.2) is 30.5 Å². The van der Waals surface area contributed by atoms with Crippen LogP contribution >= 0.6 is 0 Å². The van der Waals surface area contributed by atoms with Gasteiger partial charge in [0.25, 0.3) is 5.91 Å². The highest BCUT2D eigenvalue weighted by Crippen LogP contribution is 2.32. The maximum absolute atomic E-state index is 12.8. The lowest BCUT2D eigenvalue weighted by Gasteiger charge is -2.20. The number of hydrogen-bond donors (Lipinski definition) is 2. The van der Waals surface area contributed by atoms with Crippen molar-refractivity contribution in [1.29, 1.82) is 0 Å². The van der Waals surface area contributed by atoms with Crippen molar-refractivity contribution in [2.75, 3.05) is 19.0 Å². The van der Waals surface area contributed by atoms with Crippen molar-refractivity contribution >= 4 is 17.4 Å². The van der Waals surface area contributed by atoms with Crippen molar-refractivity contribution in [2.45, 2.75) is 46.5 Å². The van der Waals surface area contributed by atoms with Crippen LogP contribution < -0.4 is 10.1 Å². The summed E-state index contributed by atoms with van der Waals surface area (Å²) in [7, 11) is 1.57. The van der Waals surface area contributed by atoms with E-state index in [2.05, 4.69) is 12.2 Å². The standard InChI is InChI=1S/C30H35NO4/c1-5-6-7-21-8-10-24(11-9-21)29(34)31-26-17-16-25(18-28(26)35-4)22-12-14-23(15-13-22)27(33)19-30(2,3)20-32/h8-18,32H,5-7,19-20H2,1-4H3,(H,31,34). The van der Waals surface area contributed by atoms with E-state index in [0.717, 1.165) is 30.4 Å². The zero-order valence-electron chi connectivity index (χ0n) is 21.1. The van der Waals surface area contributed by atoms with Crippen LogP contribution in [0.5, 0.6) is 5.75 Å².